The molecule has 6 nitrogen and oxygen atoms in total. The number of phenolic OH excluding ortho intramolecular Hbond substituents is 2. The third-order valence-corrected chi connectivity index (χ3v) is 6.87. The topological polar surface area (TPSA) is 90.2 Å². The first-order chi connectivity index (χ1) is 11.9. The molecule has 7 heteroatoms. The smallest absolute Gasteiger partial charge is 0.254 e. The number of hydrazone groups is 1. The predicted molar refractivity (Wildman–Crippen MR) is 91.7 cm³/mol. The summed E-state index contributed by atoms with van der Waals surface area (Å²) in [5.74, 6) is -1.02. The number of hydrogen-bond donors (Lipinski definition) is 2. The lowest BCUT2D eigenvalue weighted by molar-refractivity contribution is -0.141. The number of allylic oxidation sites excluding steroid dienone is 2. The van der Waals surface area contributed by atoms with Gasteiger partial charge in [-0.15, -0.1) is 0 Å². The van der Waals surface area contributed by atoms with Crippen molar-refractivity contribution in [3.05, 3.63) is 34.3 Å². The van der Waals surface area contributed by atoms with Gasteiger partial charge in [-0.2, -0.15) is 10.1 Å². The third kappa shape index (κ3) is 1.82. The van der Waals surface area contributed by atoms with Gasteiger partial charge in [0.15, 0.2) is 0 Å². The van der Waals surface area contributed by atoms with Crippen molar-refractivity contribution in [1.82, 2.24) is 5.01 Å². The zero-order valence-corrected chi connectivity index (χ0v) is 14.7. The van der Waals surface area contributed by atoms with Gasteiger partial charge >= 0.3 is 0 Å². The van der Waals surface area contributed by atoms with Gasteiger partial charge < -0.3 is 10.2 Å². The molecule has 0 unspecified atom stereocenters. The number of hydrogen-bond acceptors (Lipinski definition) is 5. The lowest BCUT2D eigenvalue weighted by Crippen LogP contribution is -2.30. The number of carbonyl (C=O) groups is 2. The number of phenols is 2. The van der Waals surface area contributed by atoms with Crippen LogP contribution in [-0.2, 0) is 9.59 Å². The molecule has 4 atom stereocenters. The van der Waals surface area contributed by atoms with Crippen LogP contribution in [0.5, 0.6) is 11.5 Å². The summed E-state index contributed by atoms with van der Waals surface area (Å²) in [4.78, 5) is 25.6. The molecule has 5 rings (SSSR count). The van der Waals surface area contributed by atoms with Crippen molar-refractivity contribution in [1.29, 1.82) is 0 Å². The lowest BCUT2D eigenvalue weighted by Gasteiger charge is -2.18. The Morgan fingerprint density at radius 2 is 1.68 bits per heavy atom. The molecule has 25 heavy (non-hydrogen) atoms. The molecule has 2 saturated carbocycles. The fraction of sp³-hybridized carbons (Fsp3) is 0.389. The van der Waals surface area contributed by atoms with Crippen molar-refractivity contribution in [2.75, 3.05) is 0 Å². The summed E-state index contributed by atoms with van der Waals surface area (Å²) < 4.78 is 0.389. The van der Waals surface area contributed by atoms with Gasteiger partial charge in [-0.3, -0.25) is 9.59 Å². The van der Waals surface area contributed by atoms with Gasteiger partial charge in [-0.25, -0.2) is 0 Å². The minimum Gasteiger partial charge on any atom is -0.507 e. The monoisotopic (exact) mass is 402 g/mol. The van der Waals surface area contributed by atoms with E-state index in [1.54, 1.807) is 0 Å². The maximum Gasteiger partial charge on any atom is 0.254 e. The molecular weight excluding hydrogens is 388 g/mol. The number of imide groups is 1. The maximum atomic E-state index is 12.8. The van der Waals surface area contributed by atoms with Gasteiger partial charge in [0.25, 0.3) is 11.8 Å². The van der Waals surface area contributed by atoms with Crippen LogP contribution in [0.15, 0.2) is 33.9 Å². The molecule has 1 heterocycles. The zero-order chi connectivity index (χ0) is 17.5. The van der Waals surface area contributed by atoms with E-state index in [9.17, 15) is 19.8 Å². The second kappa shape index (κ2) is 4.72. The molecule has 2 bridgehead atoms. The second-order valence-electron chi connectivity index (χ2n) is 7.32. The van der Waals surface area contributed by atoms with E-state index in [1.165, 1.54) is 18.3 Å². The number of amides is 2. The Hall–Kier alpha value is -2.15. The standard InChI is InChI=1S/C18H15BrN2O4/c19-11-5-8(12(22)6-13(11)23)7-20-21-16(24)14-9-1-2-10(15(14)17(21)25)18(9)3-4-18/h1-2,5-7,9-10,14-15,22-23H,3-4H2/b20-7-/t9-,10+,14-,15+. The first-order valence-electron chi connectivity index (χ1n) is 8.26. The van der Waals surface area contributed by atoms with Gasteiger partial charge in [-0.05, 0) is 52.1 Å². The van der Waals surface area contributed by atoms with Gasteiger partial charge in [0.05, 0.1) is 22.5 Å². The van der Waals surface area contributed by atoms with E-state index in [1.807, 2.05) is 0 Å². The molecule has 1 spiro atoms. The molecule has 2 amide bonds. The van der Waals surface area contributed by atoms with Crippen LogP contribution < -0.4 is 0 Å². The molecular formula is C18H15BrN2O4. The highest BCUT2D eigenvalue weighted by atomic mass is 79.9. The molecule has 4 aliphatic rings. The Morgan fingerprint density at radius 1 is 1.08 bits per heavy atom. The van der Waals surface area contributed by atoms with E-state index < -0.39 is 0 Å². The molecule has 1 aromatic carbocycles. The first kappa shape index (κ1) is 15.1. The SMILES string of the molecule is O=C1[C@@H]2[C@H](C(=O)N1/N=C\c1cc(Br)c(O)cc1O)[C@H]1C=C[C@@H]2C12CC2. The Bertz CT molecular complexity index is 855. The molecule has 1 saturated heterocycles. The lowest BCUT2D eigenvalue weighted by atomic mass is 9.85. The quantitative estimate of drug-likeness (QED) is 0.451. The predicted octanol–water partition coefficient (Wildman–Crippen LogP) is 2.39. The minimum absolute atomic E-state index is 0.102. The van der Waals surface area contributed by atoms with Crippen molar-refractivity contribution in [2.45, 2.75) is 12.8 Å². The highest BCUT2D eigenvalue weighted by molar-refractivity contribution is 9.10. The number of fused-ring (bicyclic) bond motifs is 3. The number of nitrogens with zero attached hydrogens (tertiary/aromatic N) is 2. The summed E-state index contributed by atoms with van der Waals surface area (Å²) in [6.07, 6.45) is 7.70. The summed E-state index contributed by atoms with van der Waals surface area (Å²) in [5.41, 5.74) is 0.471. The van der Waals surface area contributed by atoms with Crippen molar-refractivity contribution in [3.8, 4) is 11.5 Å². The highest BCUT2D eigenvalue weighted by Crippen LogP contribution is 2.73. The molecule has 3 fully saturated rings. The molecule has 128 valence electrons. The van der Waals surface area contributed by atoms with Crippen LogP contribution in [0.3, 0.4) is 0 Å². The largest absolute Gasteiger partial charge is 0.507 e. The summed E-state index contributed by atoms with van der Waals surface area (Å²) in [6, 6.07) is 2.65. The number of benzene rings is 1. The van der Waals surface area contributed by atoms with E-state index >= 15 is 0 Å². The Kier molecular flexibility index (Phi) is 2.86. The Morgan fingerprint density at radius 3 is 2.24 bits per heavy atom. The first-order valence-corrected chi connectivity index (χ1v) is 9.05. The fourth-order valence-corrected chi connectivity index (χ4v) is 5.33. The van der Waals surface area contributed by atoms with Crippen LogP contribution in [0.4, 0.5) is 0 Å². The Labute approximate surface area is 152 Å². The number of carbonyl (C=O) groups excluding carboxylic acids is 2. The van der Waals surface area contributed by atoms with E-state index in [-0.39, 0.29) is 52.4 Å². The van der Waals surface area contributed by atoms with Crippen molar-refractivity contribution >= 4 is 34.0 Å². The van der Waals surface area contributed by atoms with Crippen LogP contribution >= 0.6 is 15.9 Å². The second-order valence-corrected chi connectivity index (χ2v) is 8.17. The zero-order valence-electron chi connectivity index (χ0n) is 13.1. The van der Waals surface area contributed by atoms with Gasteiger partial charge in [-0.1, -0.05) is 12.2 Å². The van der Waals surface area contributed by atoms with Crippen molar-refractivity contribution < 1.29 is 19.8 Å². The van der Waals surface area contributed by atoms with Crippen LogP contribution in [0, 0.1) is 29.1 Å². The Balaban J connectivity index is 1.45. The molecule has 1 aromatic rings. The molecule has 0 radical (unpaired) electrons. The summed E-state index contributed by atoms with van der Waals surface area (Å²) in [5, 5.41) is 24.4. The highest BCUT2D eigenvalue weighted by Gasteiger charge is 2.73. The minimum atomic E-state index is -0.290. The van der Waals surface area contributed by atoms with Gasteiger partial charge in [0, 0.05) is 11.6 Å². The summed E-state index contributed by atoms with van der Waals surface area (Å²) in [7, 11) is 0. The number of rotatable bonds is 2. The average Bonchev–Trinajstić information content (AvgIpc) is 3.17. The van der Waals surface area contributed by atoms with Crippen LogP contribution in [0.25, 0.3) is 0 Å². The van der Waals surface area contributed by atoms with E-state index in [0.29, 0.717) is 10.0 Å². The molecule has 2 N–H and O–H groups in total. The maximum absolute atomic E-state index is 12.8. The van der Waals surface area contributed by atoms with E-state index in [2.05, 4.69) is 33.2 Å². The normalized spacial score (nSPS) is 33.9. The van der Waals surface area contributed by atoms with Crippen LogP contribution in [0.1, 0.15) is 18.4 Å². The van der Waals surface area contributed by atoms with Gasteiger partial charge in [0.2, 0.25) is 0 Å². The molecule has 1 aliphatic heterocycles. The average molecular weight is 403 g/mol. The van der Waals surface area contributed by atoms with E-state index in [0.717, 1.165) is 17.9 Å². The summed E-state index contributed by atoms with van der Waals surface area (Å²) >= 11 is 3.16. The fourth-order valence-electron chi connectivity index (χ4n) is 4.97. The molecule has 3 aliphatic carbocycles. The van der Waals surface area contributed by atoms with Crippen molar-refractivity contribution in [3.63, 3.8) is 0 Å². The van der Waals surface area contributed by atoms with Crippen LogP contribution in [0.2, 0.25) is 0 Å². The van der Waals surface area contributed by atoms with Crippen molar-refractivity contribution in [2.24, 2.45) is 34.2 Å². The number of halogens is 1. The third-order valence-electron chi connectivity index (χ3n) is 6.24. The molecule has 0 aromatic heterocycles. The number of aromatic hydroxyl groups is 2. The van der Waals surface area contributed by atoms with E-state index in [4.69, 9.17) is 0 Å². The summed E-state index contributed by atoms with van der Waals surface area (Å²) in [6.45, 7) is 0. The van der Waals surface area contributed by atoms with Gasteiger partial charge in [0.1, 0.15) is 11.5 Å². The van der Waals surface area contributed by atoms with Crippen LogP contribution in [-0.4, -0.2) is 33.3 Å².